The summed E-state index contributed by atoms with van der Waals surface area (Å²) in [4.78, 5) is 42.4. The molecule has 1 N–H and O–H groups in total. The van der Waals surface area contributed by atoms with E-state index in [2.05, 4.69) is 15.4 Å². The van der Waals surface area contributed by atoms with E-state index in [1.54, 1.807) is 38.1 Å². The van der Waals surface area contributed by atoms with Crippen LogP contribution < -0.4 is 15.6 Å². The highest BCUT2D eigenvalue weighted by molar-refractivity contribution is 7.16. The van der Waals surface area contributed by atoms with Crippen molar-refractivity contribution in [3.8, 4) is 5.75 Å². The fraction of sp³-hybridized carbons (Fsp3) is 0.381. The predicted molar refractivity (Wildman–Crippen MR) is 115 cm³/mol. The average Bonchev–Trinajstić information content (AvgIpc) is 3.19. The number of fused-ring (bicyclic) bond motifs is 1. The predicted octanol–water partition coefficient (Wildman–Crippen LogP) is 2.22. The number of rotatable bonds is 8. The Morgan fingerprint density at radius 3 is 2.68 bits per heavy atom. The van der Waals surface area contributed by atoms with Gasteiger partial charge in [0.25, 0.3) is 11.5 Å². The Kier molecular flexibility index (Phi) is 7.01. The summed E-state index contributed by atoms with van der Waals surface area (Å²) in [6, 6.07) is 7.16. The molecule has 2 aromatic heterocycles. The van der Waals surface area contributed by atoms with Gasteiger partial charge in [-0.05, 0) is 24.5 Å². The Bertz CT molecular complexity index is 1150. The third kappa shape index (κ3) is 5.08. The second-order valence-electron chi connectivity index (χ2n) is 7.13. The van der Waals surface area contributed by atoms with Gasteiger partial charge < -0.3 is 14.8 Å². The molecule has 0 radical (unpaired) electrons. The van der Waals surface area contributed by atoms with Crippen LogP contribution in [0.2, 0.25) is 0 Å². The highest BCUT2D eigenvalue weighted by Gasteiger charge is 2.27. The van der Waals surface area contributed by atoms with Crippen molar-refractivity contribution in [1.29, 1.82) is 0 Å². The van der Waals surface area contributed by atoms with Crippen LogP contribution >= 0.6 is 11.3 Å². The van der Waals surface area contributed by atoms with Gasteiger partial charge in [-0.1, -0.05) is 44.2 Å². The first-order valence-corrected chi connectivity index (χ1v) is 10.6. The molecule has 164 valence electrons. The number of nitrogens with zero attached hydrogens (tertiary/aromatic N) is 3. The van der Waals surface area contributed by atoms with Crippen molar-refractivity contribution in [2.24, 2.45) is 5.92 Å². The zero-order chi connectivity index (χ0) is 22.5. The topological polar surface area (TPSA) is 112 Å². The first-order valence-electron chi connectivity index (χ1n) is 9.83. The van der Waals surface area contributed by atoms with Gasteiger partial charge in [0.2, 0.25) is 4.96 Å². The molecule has 0 spiro atoms. The molecule has 9 nitrogen and oxygen atoms in total. The van der Waals surface area contributed by atoms with Crippen LogP contribution in [0, 0.1) is 5.92 Å². The van der Waals surface area contributed by atoms with Gasteiger partial charge in [0.05, 0.1) is 18.4 Å². The van der Waals surface area contributed by atoms with Crippen LogP contribution in [-0.4, -0.2) is 39.6 Å². The third-order valence-corrected chi connectivity index (χ3v) is 5.62. The summed E-state index contributed by atoms with van der Waals surface area (Å²) >= 11 is 1.31. The number of carbonyl (C=O) groups is 2. The lowest BCUT2D eigenvalue weighted by atomic mass is 10.0. The number of hydrogen-bond donors (Lipinski definition) is 1. The summed E-state index contributed by atoms with van der Waals surface area (Å²) in [6.45, 7) is 5.36. The molecule has 1 amide bonds. The number of carbonyl (C=O) groups excluding carboxylic acids is 2. The standard InChI is InChI=1S/C21H24N4O5S/c1-5-16-24-25-17(26)10-13(22-21(25)31-16)11-30-20(28)18(12(2)3)23-19(27)14-8-6-7-9-15(14)29-4/h6-10,12,18H,5,11H2,1-4H3,(H,23,27)/t18-/m0/s1. The molecule has 0 saturated carbocycles. The van der Waals surface area contributed by atoms with Crippen molar-refractivity contribution in [2.45, 2.75) is 39.8 Å². The minimum Gasteiger partial charge on any atom is -0.496 e. The van der Waals surface area contributed by atoms with E-state index in [1.807, 2.05) is 6.92 Å². The van der Waals surface area contributed by atoms with Gasteiger partial charge in [0, 0.05) is 6.07 Å². The number of ether oxygens (including phenoxy) is 2. The van der Waals surface area contributed by atoms with E-state index < -0.39 is 17.9 Å². The Balaban J connectivity index is 1.72. The number of hydrogen-bond acceptors (Lipinski definition) is 8. The first kappa shape index (κ1) is 22.4. The van der Waals surface area contributed by atoms with E-state index in [0.717, 1.165) is 5.01 Å². The Labute approximate surface area is 183 Å². The molecular weight excluding hydrogens is 420 g/mol. The maximum atomic E-state index is 12.7. The number of amides is 1. The molecule has 1 atom stereocenters. The van der Waals surface area contributed by atoms with Crippen LogP contribution in [0.5, 0.6) is 5.75 Å². The van der Waals surface area contributed by atoms with Crippen LogP contribution in [0.3, 0.4) is 0 Å². The zero-order valence-electron chi connectivity index (χ0n) is 17.7. The van der Waals surface area contributed by atoms with Gasteiger partial charge in [-0.2, -0.15) is 9.61 Å². The normalized spacial score (nSPS) is 12.0. The first-order chi connectivity index (χ1) is 14.8. The number of nitrogens with one attached hydrogen (secondary N) is 1. The van der Waals surface area contributed by atoms with Crippen molar-refractivity contribution in [2.75, 3.05) is 7.11 Å². The maximum Gasteiger partial charge on any atom is 0.329 e. The maximum absolute atomic E-state index is 12.7. The molecule has 10 heteroatoms. The second kappa shape index (κ2) is 9.69. The fourth-order valence-electron chi connectivity index (χ4n) is 2.90. The molecule has 0 aliphatic heterocycles. The lowest BCUT2D eigenvalue weighted by Crippen LogP contribution is -2.45. The van der Waals surface area contributed by atoms with Gasteiger partial charge >= 0.3 is 5.97 Å². The van der Waals surface area contributed by atoms with Gasteiger partial charge in [-0.3, -0.25) is 9.59 Å². The van der Waals surface area contributed by atoms with Crippen LogP contribution in [-0.2, 0) is 22.6 Å². The number of para-hydroxylation sites is 1. The van der Waals surface area contributed by atoms with E-state index in [0.29, 0.717) is 28.4 Å². The summed E-state index contributed by atoms with van der Waals surface area (Å²) in [5.41, 5.74) is 0.306. The number of esters is 1. The van der Waals surface area contributed by atoms with E-state index in [9.17, 15) is 14.4 Å². The number of aryl methyl sites for hydroxylation is 1. The molecule has 1 aromatic carbocycles. The van der Waals surface area contributed by atoms with Gasteiger partial charge in [-0.25, -0.2) is 9.78 Å². The molecular formula is C21H24N4O5S. The third-order valence-electron chi connectivity index (χ3n) is 4.56. The minimum absolute atomic E-state index is 0.183. The van der Waals surface area contributed by atoms with Crippen LogP contribution in [0.15, 0.2) is 35.1 Å². The molecule has 31 heavy (non-hydrogen) atoms. The Morgan fingerprint density at radius 2 is 2.00 bits per heavy atom. The van der Waals surface area contributed by atoms with Crippen molar-refractivity contribution < 1.29 is 19.1 Å². The molecule has 3 aromatic rings. The monoisotopic (exact) mass is 444 g/mol. The van der Waals surface area contributed by atoms with E-state index in [-0.39, 0.29) is 18.1 Å². The summed E-state index contributed by atoms with van der Waals surface area (Å²) in [5, 5.41) is 7.69. The average molecular weight is 445 g/mol. The molecule has 0 saturated heterocycles. The van der Waals surface area contributed by atoms with E-state index >= 15 is 0 Å². The van der Waals surface area contributed by atoms with Gasteiger partial charge in [-0.15, -0.1) is 0 Å². The quantitative estimate of drug-likeness (QED) is 0.530. The molecule has 0 unspecified atom stereocenters. The summed E-state index contributed by atoms with van der Waals surface area (Å²) in [5.74, 6) is -0.868. The van der Waals surface area contributed by atoms with Crippen molar-refractivity contribution in [3.05, 3.63) is 57.0 Å². The Hall–Kier alpha value is -3.27. The van der Waals surface area contributed by atoms with Crippen LogP contribution in [0.1, 0.15) is 41.8 Å². The van der Waals surface area contributed by atoms with Crippen molar-refractivity contribution >= 4 is 28.2 Å². The minimum atomic E-state index is -0.877. The SMILES string of the molecule is CCc1nn2c(=O)cc(COC(=O)[C@@H](NC(=O)c3ccccc3OC)C(C)C)nc2s1. The van der Waals surface area contributed by atoms with Gasteiger partial charge in [0.1, 0.15) is 23.4 Å². The molecule has 3 rings (SSSR count). The van der Waals surface area contributed by atoms with Crippen LogP contribution in [0.25, 0.3) is 4.96 Å². The second-order valence-corrected chi connectivity index (χ2v) is 8.17. The summed E-state index contributed by atoms with van der Waals surface area (Å²) < 4.78 is 11.8. The van der Waals surface area contributed by atoms with Crippen LogP contribution in [0.4, 0.5) is 0 Å². The van der Waals surface area contributed by atoms with Crippen molar-refractivity contribution in [3.63, 3.8) is 0 Å². The molecule has 0 fully saturated rings. The fourth-order valence-corrected chi connectivity index (χ4v) is 3.75. The highest BCUT2D eigenvalue weighted by atomic mass is 32.1. The largest absolute Gasteiger partial charge is 0.496 e. The van der Waals surface area contributed by atoms with Crippen molar-refractivity contribution in [1.82, 2.24) is 19.9 Å². The zero-order valence-corrected chi connectivity index (χ0v) is 18.6. The molecule has 0 aliphatic rings. The lowest BCUT2D eigenvalue weighted by molar-refractivity contribution is -0.148. The number of benzene rings is 1. The summed E-state index contributed by atoms with van der Waals surface area (Å²) in [7, 11) is 1.47. The molecule has 0 bridgehead atoms. The molecule has 2 heterocycles. The van der Waals surface area contributed by atoms with E-state index in [4.69, 9.17) is 9.47 Å². The number of methoxy groups -OCH3 is 1. The highest BCUT2D eigenvalue weighted by Crippen LogP contribution is 2.18. The lowest BCUT2D eigenvalue weighted by Gasteiger charge is -2.21. The van der Waals surface area contributed by atoms with Gasteiger partial charge in [0.15, 0.2) is 0 Å². The summed E-state index contributed by atoms with van der Waals surface area (Å²) in [6.07, 6.45) is 0.694. The smallest absolute Gasteiger partial charge is 0.329 e. The number of aromatic nitrogens is 3. The molecule has 0 aliphatic carbocycles. The van der Waals surface area contributed by atoms with E-state index in [1.165, 1.54) is 29.0 Å². The Morgan fingerprint density at radius 1 is 1.26 bits per heavy atom.